The summed E-state index contributed by atoms with van der Waals surface area (Å²) in [7, 11) is 0.737. The average Bonchev–Trinajstić information content (AvgIpc) is 2.61. The van der Waals surface area contributed by atoms with Gasteiger partial charge in [0.15, 0.2) is 5.11 Å². The molecule has 0 unspecified atom stereocenters. The van der Waals surface area contributed by atoms with Gasteiger partial charge in [0.25, 0.3) is 0 Å². The maximum Gasteiger partial charge on any atom is 0.243 e. The molecule has 152 valence electrons. The Balaban J connectivity index is 1.95. The SMILES string of the molecule is C[NH+](C)CCNC(=S)N1CCN(S(=O)(=O)c2ccc(C(C)(C)C)cc2)CC1. The van der Waals surface area contributed by atoms with Crippen LogP contribution in [0.4, 0.5) is 0 Å². The van der Waals surface area contributed by atoms with Crippen LogP contribution in [-0.2, 0) is 15.4 Å². The van der Waals surface area contributed by atoms with Gasteiger partial charge in [-0.3, -0.25) is 0 Å². The van der Waals surface area contributed by atoms with Crippen LogP contribution in [-0.4, -0.2) is 76.1 Å². The molecule has 1 fully saturated rings. The molecular weight excluding hydrogens is 380 g/mol. The predicted molar refractivity (Wildman–Crippen MR) is 114 cm³/mol. The van der Waals surface area contributed by atoms with Gasteiger partial charge in [-0.25, -0.2) is 8.42 Å². The zero-order chi connectivity index (χ0) is 20.2. The van der Waals surface area contributed by atoms with Gasteiger partial charge in [0.05, 0.1) is 32.1 Å². The number of nitrogens with one attached hydrogen (secondary N) is 2. The summed E-state index contributed by atoms with van der Waals surface area (Å²) in [6, 6.07) is 7.26. The quantitative estimate of drug-likeness (QED) is 0.681. The van der Waals surface area contributed by atoms with E-state index in [1.54, 1.807) is 16.4 Å². The third-order valence-corrected chi connectivity index (χ3v) is 7.10. The first-order chi connectivity index (χ1) is 12.5. The van der Waals surface area contributed by atoms with E-state index < -0.39 is 10.0 Å². The topological polar surface area (TPSA) is 57.1 Å². The van der Waals surface area contributed by atoms with E-state index >= 15 is 0 Å². The van der Waals surface area contributed by atoms with E-state index in [9.17, 15) is 8.42 Å². The minimum atomic E-state index is -3.46. The number of benzene rings is 1. The standard InChI is InChI=1S/C19H32N4O2S2/c1-19(2,3)16-6-8-17(9-7-16)27(24,25)23-14-12-22(13-15-23)18(26)20-10-11-21(4)5/h6-9H,10-15H2,1-5H3,(H,20,26)/p+1. The van der Waals surface area contributed by atoms with Crippen LogP contribution in [0.5, 0.6) is 0 Å². The molecule has 2 rings (SSSR count). The third kappa shape index (κ3) is 5.88. The molecule has 0 amide bonds. The molecule has 1 aromatic carbocycles. The van der Waals surface area contributed by atoms with Crippen LogP contribution in [0, 0.1) is 0 Å². The van der Waals surface area contributed by atoms with Crippen molar-refractivity contribution in [3.63, 3.8) is 0 Å². The Morgan fingerprint density at radius 3 is 2.15 bits per heavy atom. The van der Waals surface area contributed by atoms with Crippen LogP contribution in [0.25, 0.3) is 0 Å². The Morgan fingerprint density at radius 2 is 1.67 bits per heavy atom. The predicted octanol–water partition coefficient (Wildman–Crippen LogP) is 0.309. The van der Waals surface area contributed by atoms with Crippen LogP contribution < -0.4 is 10.2 Å². The number of hydrogen-bond acceptors (Lipinski definition) is 3. The fourth-order valence-corrected chi connectivity index (χ4v) is 4.65. The molecule has 1 heterocycles. The van der Waals surface area contributed by atoms with Crippen molar-refractivity contribution in [2.45, 2.75) is 31.1 Å². The smallest absolute Gasteiger partial charge is 0.243 e. The lowest BCUT2D eigenvalue weighted by Crippen LogP contribution is -3.06. The molecule has 0 saturated carbocycles. The summed E-state index contributed by atoms with van der Waals surface area (Å²) in [4.78, 5) is 3.77. The molecule has 1 aliphatic heterocycles. The van der Waals surface area contributed by atoms with Crippen molar-refractivity contribution in [2.24, 2.45) is 0 Å². The van der Waals surface area contributed by atoms with E-state index in [0.717, 1.165) is 18.7 Å². The Labute approximate surface area is 169 Å². The van der Waals surface area contributed by atoms with Crippen molar-refractivity contribution in [2.75, 3.05) is 53.4 Å². The number of hydrogen-bond donors (Lipinski definition) is 2. The van der Waals surface area contributed by atoms with Crippen LogP contribution in [0.3, 0.4) is 0 Å². The largest absolute Gasteiger partial charge is 0.357 e. The molecule has 6 nitrogen and oxygen atoms in total. The molecular formula is C19H33N4O2S2+. The van der Waals surface area contributed by atoms with Crippen LogP contribution in [0.1, 0.15) is 26.3 Å². The lowest BCUT2D eigenvalue weighted by molar-refractivity contribution is -0.856. The van der Waals surface area contributed by atoms with Crippen LogP contribution in [0.2, 0.25) is 0 Å². The molecule has 0 bridgehead atoms. The summed E-state index contributed by atoms with van der Waals surface area (Å²) >= 11 is 5.44. The lowest BCUT2D eigenvalue weighted by atomic mass is 9.87. The van der Waals surface area contributed by atoms with Gasteiger partial charge in [0.1, 0.15) is 0 Å². The molecule has 0 atom stereocenters. The van der Waals surface area contributed by atoms with Crippen molar-refractivity contribution < 1.29 is 13.3 Å². The van der Waals surface area contributed by atoms with E-state index in [2.05, 4.69) is 45.1 Å². The van der Waals surface area contributed by atoms with E-state index in [-0.39, 0.29) is 5.41 Å². The summed E-state index contributed by atoms with van der Waals surface area (Å²) in [6.45, 7) is 10.3. The minimum Gasteiger partial charge on any atom is -0.357 e. The van der Waals surface area contributed by atoms with Gasteiger partial charge < -0.3 is 15.1 Å². The molecule has 1 aliphatic rings. The number of thiocarbonyl (C=S) groups is 1. The monoisotopic (exact) mass is 413 g/mol. The van der Waals surface area contributed by atoms with E-state index in [4.69, 9.17) is 12.2 Å². The first kappa shape index (κ1) is 22.1. The first-order valence-corrected chi connectivity index (χ1v) is 11.3. The highest BCUT2D eigenvalue weighted by Gasteiger charge is 2.29. The van der Waals surface area contributed by atoms with Crippen LogP contribution >= 0.6 is 12.2 Å². The second-order valence-corrected chi connectivity index (χ2v) is 10.7. The van der Waals surface area contributed by atoms with Crippen molar-refractivity contribution in [1.82, 2.24) is 14.5 Å². The van der Waals surface area contributed by atoms with E-state index in [1.807, 2.05) is 12.1 Å². The van der Waals surface area contributed by atoms with Gasteiger partial charge >= 0.3 is 0 Å². The summed E-state index contributed by atoms with van der Waals surface area (Å²) in [5.74, 6) is 0. The number of rotatable bonds is 5. The molecule has 27 heavy (non-hydrogen) atoms. The van der Waals surface area contributed by atoms with Crippen LogP contribution in [0.15, 0.2) is 29.2 Å². The first-order valence-electron chi connectivity index (χ1n) is 9.44. The lowest BCUT2D eigenvalue weighted by Gasteiger charge is -2.35. The van der Waals surface area contributed by atoms with E-state index in [1.165, 1.54) is 4.90 Å². The zero-order valence-electron chi connectivity index (χ0n) is 17.1. The number of sulfonamides is 1. The van der Waals surface area contributed by atoms with E-state index in [0.29, 0.717) is 36.2 Å². The highest BCUT2D eigenvalue weighted by molar-refractivity contribution is 7.89. The van der Waals surface area contributed by atoms with Gasteiger partial charge in [0.2, 0.25) is 10.0 Å². The van der Waals surface area contributed by atoms with Crippen molar-refractivity contribution >= 4 is 27.4 Å². The third-order valence-electron chi connectivity index (χ3n) is 4.79. The second kappa shape index (κ2) is 8.86. The molecule has 1 aromatic rings. The second-order valence-electron chi connectivity index (χ2n) is 8.35. The van der Waals surface area contributed by atoms with Crippen molar-refractivity contribution in [1.29, 1.82) is 0 Å². The maximum atomic E-state index is 12.9. The number of quaternary nitrogens is 1. The fraction of sp³-hybridized carbons (Fsp3) is 0.632. The zero-order valence-corrected chi connectivity index (χ0v) is 18.7. The van der Waals surface area contributed by atoms with Gasteiger partial charge in [-0.2, -0.15) is 4.31 Å². The molecule has 0 spiro atoms. The number of piperazine rings is 1. The number of nitrogens with zero attached hydrogens (tertiary/aromatic N) is 2. The highest BCUT2D eigenvalue weighted by Crippen LogP contribution is 2.25. The molecule has 0 radical (unpaired) electrons. The molecule has 1 saturated heterocycles. The van der Waals surface area contributed by atoms with Crippen molar-refractivity contribution in [3.8, 4) is 0 Å². The summed E-state index contributed by atoms with van der Waals surface area (Å²) < 4.78 is 27.4. The Morgan fingerprint density at radius 1 is 1.11 bits per heavy atom. The molecule has 8 heteroatoms. The van der Waals surface area contributed by atoms with Gasteiger partial charge in [-0.15, -0.1) is 0 Å². The number of likely N-dealkylation sites (N-methyl/N-ethyl adjacent to an activating group) is 1. The highest BCUT2D eigenvalue weighted by atomic mass is 32.2. The summed E-state index contributed by atoms with van der Waals surface area (Å²) in [6.07, 6.45) is 0. The molecule has 2 N–H and O–H groups in total. The fourth-order valence-electron chi connectivity index (χ4n) is 2.94. The molecule has 0 aromatic heterocycles. The summed E-state index contributed by atoms with van der Waals surface area (Å²) in [5.41, 5.74) is 1.13. The summed E-state index contributed by atoms with van der Waals surface area (Å²) in [5, 5.41) is 3.97. The maximum absolute atomic E-state index is 12.9. The average molecular weight is 414 g/mol. The van der Waals surface area contributed by atoms with Gasteiger partial charge in [-0.1, -0.05) is 32.9 Å². The Bertz CT molecular complexity index is 732. The minimum absolute atomic E-state index is 0.00465. The normalized spacial score (nSPS) is 16.6. The van der Waals surface area contributed by atoms with Crippen molar-refractivity contribution in [3.05, 3.63) is 29.8 Å². The Kier molecular flexibility index (Phi) is 7.24. The van der Waals surface area contributed by atoms with Gasteiger partial charge in [-0.05, 0) is 35.3 Å². The Hall–Kier alpha value is -1.22. The van der Waals surface area contributed by atoms with Gasteiger partial charge in [0, 0.05) is 26.2 Å². The molecule has 0 aliphatic carbocycles.